The lowest BCUT2D eigenvalue weighted by molar-refractivity contribution is -0.119. The third-order valence-electron chi connectivity index (χ3n) is 5.74. The molecule has 0 aliphatic carbocycles. The van der Waals surface area contributed by atoms with Crippen LogP contribution in [0.3, 0.4) is 0 Å². The first-order valence-electron chi connectivity index (χ1n) is 12.6. The predicted molar refractivity (Wildman–Crippen MR) is 162 cm³/mol. The molecule has 0 radical (unpaired) electrons. The number of rotatable bonds is 12. The molecule has 2 amide bonds. The number of hydrogen-bond acceptors (Lipinski definition) is 7. The van der Waals surface area contributed by atoms with E-state index in [1.807, 2.05) is 0 Å². The molecule has 216 valence electrons. The molecule has 42 heavy (non-hydrogen) atoms. The van der Waals surface area contributed by atoms with Crippen LogP contribution in [0.5, 0.6) is 11.5 Å². The maximum absolute atomic E-state index is 13.4. The summed E-state index contributed by atoms with van der Waals surface area (Å²) in [4.78, 5) is 24.9. The smallest absolute Gasteiger partial charge is 0.264 e. The number of nitrogens with zero attached hydrogens (tertiary/aromatic N) is 2. The highest BCUT2D eigenvalue weighted by molar-refractivity contribution is 7.92. The summed E-state index contributed by atoms with van der Waals surface area (Å²) in [6.45, 7) is -0.711. The van der Waals surface area contributed by atoms with E-state index < -0.39 is 22.5 Å². The van der Waals surface area contributed by atoms with E-state index in [1.54, 1.807) is 91.0 Å². The summed E-state index contributed by atoms with van der Waals surface area (Å²) in [5.41, 5.74) is 3.85. The monoisotopic (exact) mass is 606 g/mol. The molecule has 0 unspecified atom stereocenters. The average molecular weight is 607 g/mol. The lowest BCUT2D eigenvalue weighted by atomic mass is 10.2. The number of nitrogens with one attached hydrogen (secondary N) is 2. The van der Waals surface area contributed by atoms with Gasteiger partial charge in [0.1, 0.15) is 18.0 Å². The van der Waals surface area contributed by atoms with Gasteiger partial charge < -0.3 is 14.8 Å². The Morgan fingerprint density at radius 3 is 2.24 bits per heavy atom. The SMILES string of the molecule is COc1ccc(N(CC(=O)N/N=C\c2ccc(OCC(=O)Nc3cccc(Cl)c3)cc2)S(=O)(=O)c2ccccc2)cc1. The minimum Gasteiger partial charge on any atom is -0.497 e. The Balaban J connectivity index is 1.34. The first-order chi connectivity index (χ1) is 20.2. The molecule has 2 N–H and O–H groups in total. The molecule has 0 fully saturated rings. The number of amides is 2. The molecular formula is C30H27ClN4O6S. The number of sulfonamides is 1. The molecule has 4 aromatic rings. The minimum atomic E-state index is -4.05. The molecule has 4 aromatic carbocycles. The third-order valence-corrected chi connectivity index (χ3v) is 7.76. The normalized spacial score (nSPS) is 11.1. The highest BCUT2D eigenvalue weighted by atomic mass is 35.5. The van der Waals surface area contributed by atoms with E-state index in [4.69, 9.17) is 21.1 Å². The zero-order valence-electron chi connectivity index (χ0n) is 22.4. The van der Waals surface area contributed by atoms with Gasteiger partial charge in [0.2, 0.25) is 0 Å². The van der Waals surface area contributed by atoms with Crippen LogP contribution in [0, 0.1) is 0 Å². The highest BCUT2D eigenvalue weighted by Gasteiger charge is 2.27. The number of benzene rings is 4. The van der Waals surface area contributed by atoms with E-state index in [0.29, 0.717) is 27.8 Å². The summed E-state index contributed by atoms with van der Waals surface area (Å²) in [7, 11) is -2.55. The van der Waals surface area contributed by atoms with Gasteiger partial charge in [0, 0.05) is 10.7 Å². The topological polar surface area (TPSA) is 126 Å². The molecular weight excluding hydrogens is 580 g/mol. The second-order valence-electron chi connectivity index (χ2n) is 8.73. The molecule has 0 spiro atoms. The number of ether oxygens (including phenoxy) is 2. The van der Waals surface area contributed by atoms with Crippen LogP contribution >= 0.6 is 11.6 Å². The molecule has 4 rings (SSSR count). The van der Waals surface area contributed by atoms with Gasteiger partial charge in [0.25, 0.3) is 21.8 Å². The molecule has 0 aromatic heterocycles. The van der Waals surface area contributed by atoms with E-state index in [1.165, 1.54) is 25.5 Å². The first-order valence-corrected chi connectivity index (χ1v) is 14.4. The van der Waals surface area contributed by atoms with Crippen molar-refractivity contribution in [1.29, 1.82) is 0 Å². The van der Waals surface area contributed by atoms with Crippen molar-refractivity contribution in [1.82, 2.24) is 5.43 Å². The van der Waals surface area contributed by atoms with Crippen LogP contribution in [-0.2, 0) is 19.6 Å². The number of hydrogen-bond donors (Lipinski definition) is 2. The van der Waals surface area contributed by atoms with Gasteiger partial charge in [-0.15, -0.1) is 0 Å². The fourth-order valence-corrected chi connectivity index (χ4v) is 5.32. The summed E-state index contributed by atoms with van der Waals surface area (Å²) in [5.74, 6) is 0.0107. The average Bonchev–Trinajstić information content (AvgIpc) is 3.00. The van der Waals surface area contributed by atoms with Crippen molar-refractivity contribution in [2.75, 3.05) is 29.9 Å². The van der Waals surface area contributed by atoms with Gasteiger partial charge in [-0.3, -0.25) is 13.9 Å². The Kier molecular flexibility index (Phi) is 10.1. The van der Waals surface area contributed by atoms with E-state index in [2.05, 4.69) is 15.8 Å². The summed E-state index contributed by atoms with van der Waals surface area (Å²) < 4.78 is 38.4. The van der Waals surface area contributed by atoms with Crippen LogP contribution in [0.15, 0.2) is 113 Å². The van der Waals surface area contributed by atoms with Gasteiger partial charge in [0.05, 0.1) is 23.9 Å². The standard InChI is InChI=1S/C30H27ClN4O6S/c1-40-26-16-12-25(13-17-26)35(42(38,39)28-8-3-2-4-9-28)20-29(36)34-32-19-22-10-14-27(15-11-22)41-21-30(37)33-24-7-5-6-23(31)18-24/h2-19H,20-21H2,1H3,(H,33,37)(H,34,36)/b32-19-. The van der Waals surface area contributed by atoms with Crippen molar-refractivity contribution < 1.29 is 27.5 Å². The molecule has 0 atom stereocenters. The van der Waals surface area contributed by atoms with Gasteiger partial charge in [-0.05, 0) is 84.4 Å². The molecule has 0 heterocycles. The van der Waals surface area contributed by atoms with Gasteiger partial charge in [-0.25, -0.2) is 13.8 Å². The van der Waals surface area contributed by atoms with Crippen LogP contribution in [0.25, 0.3) is 0 Å². The zero-order valence-corrected chi connectivity index (χ0v) is 24.0. The third kappa shape index (κ3) is 8.32. The molecule has 0 aliphatic heterocycles. The van der Waals surface area contributed by atoms with Gasteiger partial charge in [-0.2, -0.15) is 5.10 Å². The molecule has 10 nitrogen and oxygen atoms in total. The maximum atomic E-state index is 13.4. The maximum Gasteiger partial charge on any atom is 0.264 e. The Morgan fingerprint density at radius 2 is 1.57 bits per heavy atom. The fraction of sp³-hybridized carbons (Fsp3) is 0.100. The number of carbonyl (C=O) groups excluding carboxylic acids is 2. The number of hydrazone groups is 1. The van der Waals surface area contributed by atoms with Gasteiger partial charge >= 0.3 is 0 Å². The number of carbonyl (C=O) groups is 2. The summed E-state index contributed by atoms with van der Waals surface area (Å²) in [6, 6.07) is 27.6. The minimum absolute atomic E-state index is 0.0429. The number of methoxy groups -OCH3 is 1. The molecule has 0 bridgehead atoms. The van der Waals surface area contributed by atoms with E-state index in [0.717, 1.165) is 4.31 Å². The second kappa shape index (κ2) is 14.2. The summed E-state index contributed by atoms with van der Waals surface area (Å²) >= 11 is 5.92. The van der Waals surface area contributed by atoms with Gasteiger partial charge in [-0.1, -0.05) is 35.9 Å². The number of anilines is 2. The van der Waals surface area contributed by atoms with Crippen molar-refractivity contribution in [3.05, 3.63) is 114 Å². The van der Waals surface area contributed by atoms with Gasteiger partial charge in [0.15, 0.2) is 6.61 Å². The molecule has 0 saturated carbocycles. The Bertz CT molecular complexity index is 1650. The molecule has 0 saturated heterocycles. The highest BCUT2D eigenvalue weighted by Crippen LogP contribution is 2.25. The van der Waals surface area contributed by atoms with Crippen molar-refractivity contribution >= 4 is 51.0 Å². The van der Waals surface area contributed by atoms with Crippen LogP contribution < -0.4 is 24.5 Å². The predicted octanol–water partition coefficient (Wildman–Crippen LogP) is 4.71. The number of halogens is 1. The fourth-order valence-electron chi connectivity index (χ4n) is 3.69. The van der Waals surface area contributed by atoms with E-state index in [-0.39, 0.29) is 23.1 Å². The Morgan fingerprint density at radius 1 is 0.881 bits per heavy atom. The quantitative estimate of drug-likeness (QED) is 0.178. The molecule has 0 aliphatic rings. The van der Waals surface area contributed by atoms with Crippen LogP contribution in [0.2, 0.25) is 5.02 Å². The Hall–Kier alpha value is -4.87. The van der Waals surface area contributed by atoms with E-state index in [9.17, 15) is 18.0 Å². The zero-order chi connectivity index (χ0) is 30.0. The van der Waals surface area contributed by atoms with Crippen molar-refractivity contribution in [2.24, 2.45) is 5.10 Å². The van der Waals surface area contributed by atoms with E-state index >= 15 is 0 Å². The lowest BCUT2D eigenvalue weighted by Gasteiger charge is -2.23. The van der Waals surface area contributed by atoms with Crippen molar-refractivity contribution in [3.63, 3.8) is 0 Å². The van der Waals surface area contributed by atoms with Crippen molar-refractivity contribution in [3.8, 4) is 11.5 Å². The second-order valence-corrected chi connectivity index (χ2v) is 11.0. The van der Waals surface area contributed by atoms with Crippen molar-refractivity contribution in [2.45, 2.75) is 4.90 Å². The Labute approximate surface area is 248 Å². The first kappa shape index (κ1) is 30.1. The van der Waals surface area contributed by atoms with Crippen LogP contribution in [0.4, 0.5) is 11.4 Å². The summed E-state index contributed by atoms with van der Waals surface area (Å²) in [6.07, 6.45) is 1.40. The molecule has 12 heteroatoms. The largest absolute Gasteiger partial charge is 0.497 e. The lowest BCUT2D eigenvalue weighted by Crippen LogP contribution is -2.39. The van der Waals surface area contributed by atoms with Crippen LogP contribution in [-0.4, -0.2) is 46.7 Å². The van der Waals surface area contributed by atoms with Crippen LogP contribution in [0.1, 0.15) is 5.56 Å². The summed E-state index contributed by atoms with van der Waals surface area (Å²) in [5, 5.41) is 7.15.